The summed E-state index contributed by atoms with van der Waals surface area (Å²) in [5.74, 6) is 0. The third-order valence-electron chi connectivity index (χ3n) is 2.01. The monoisotopic (exact) mass is 226 g/mol. The van der Waals surface area contributed by atoms with E-state index in [0.717, 1.165) is 0 Å². The minimum Gasteiger partial charge on any atom is -0.393 e. The fourth-order valence-corrected chi connectivity index (χ4v) is 1.65. The van der Waals surface area contributed by atoms with E-state index in [1.807, 2.05) is 6.92 Å². The third kappa shape index (κ3) is 7.25. The predicted molar refractivity (Wildman–Crippen MR) is 52.2 cm³/mol. The van der Waals surface area contributed by atoms with Crippen LogP contribution in [0.1, 0.15) is 39.5 Å². The quantitative estimate of drug-likeness (QED) is 0.636. The van der Waals surface area contributed by atoms with Crippen molar-refractivity contribution in [3.05, 3.63) is 0 Å². The van der Waals surface area contributed by atoms with E-state index in [1.165, 1.54) is 0 Å². The fraction of sp³-hybridized carbons (Fsp3) is 1.00. The number of aliphatic hydroxyl groups is 1. The number of rotatable bonds is 7. The SMILES string of the molecule is CCC(O)CCC(CC)OS(=O)(=O)O. The summed E-state index contributed by atoms with van der Waals surface area (Å²) < 4.78 is 33.6. The predicted octanol–water partition coefficient (Wildman–Crippen LogP) is 1.14. The van der Waals surface area contributed by atoms with E-state index in [2.05, 4.69) is 4.18 Å². The molecule has 2 N–H and O–H groups in total. The average molecular weight is 226 g/mol. The standard InChI is InChI=1S/C8H18O5S/c1-3-7(9)5-6-8(4-2)13-14(10,11)12/h7-9H,3-6H2,1-2H3,(H,10,11,12). The maximum atomic E-state index is 10.4. The van der Waals surface area contributed by atoms with Gasteiger partial charge in [0.1, 0.15) is 0 Å². The van der Waals surface area contributed by atoms with E-state index in [1.54, 1.807) is 6.92 Å². The van der Waals surface area contributed by atoms with Crippen LogP contribution in [0.5, 0.6) is 0 Å². The smallest absolute Gasteiger partial charge is 0.393 e. The highest BCUT2D eigenvalue weighted by atomic mass is 32.3. The van der Waals surface area contributed by atoms with Crippen LogP contribution in [-0.2, 0) is 14.6 Å². The third-order valence-corrected chi connectivity index (χ3v) is 2.52. The van der Waals surface area contributed by atoms with Gasteiger partial charge in [-0.2, -0.15) is 8.42 Å². The van der Waals surface area contributed by atoms with E-state index in [0.29, 0.717) is 25.7 Å². The van der Waals surface area contributed by atoms with Crippen molar-refractivity contribution in [2.75, 3.05) is 0 Å². The van der Waals surface area contributed by atoms with Gasteiger partial charge in [0.25, 0.3) is 0 Å². The van der Waals surface area contributed by atoms with E-state index in [9.17, 15) is 13.5 Å². The van der Waals surface area contributed by atoms with Crippen LogP contribution in [0.15, 0.2) is 0 Å². The van der Waals surface area contributed by atoms with E-state index < -0.39 is 22.6 Å². The Morgan fingerprint density at radius 3 is 2.14 bits per heavy atom. The summed E-state index contributed by atoms with van der Waals surface area (Å²) in [6.07, 6.45) is 1.02. The Labute approximate surface area is 85.0 Å². The van der Waals surface area contributed by atoms with Gasteiger partial charge in [-0.25, -0.2) is 4.18 Å². The molecule has 0 radical (unpaired) electrons. The van der Waals surface area contributed by atoms with Crippen LogP contribution in [-0.4, -0.2) is 30.3 Å². The lowest BCUT2D eigenvalue weighted by Crippen LogP contribution is -2.19. The normalized spacial score (nSPS) is 16.6. The van der Waals surface area contributed by atoms with Gasteiger partial charge in [-0.05, 0) is 25.7 Å². The second-order valence-corrected chi connectivity index (χ2v) is 4.24. The molecule has 0 aliphatic carbocycles. The molecule has 0 spiro atoms. The van der Waals surface area contributed by atoms with Crippen LogP contribution in [0, 0.1) is 0 Å². The van der Waals surface area contributed by atoms with Gasteiger partial charge >= 0.3 is 10.4 Å². The van der Waals surface area contributed by atoms with E-state index in [4.69, 9.17) is 4.55 Å². The molecule has 6 heteroatoms. The first-order valence-electron chi connectivity index (χ1n) is 4.72. The van der Waals surface area contributed by atoms with E-state index in [-0.39, 0.29) is 0 Å². The molecule has 0 amide bonds. The van der Waals surface area contributed by atoms with Crippen LogP contribution < -0.4 is 0 Å². The number of aliphatic hydroxyl groups excluding tert-OH is 1. The first-order chi connectivity index (χ1) is 6.39. The zero-order chi connectivity index (χ0) is 11.2. The highest BCUT2D eigenvalue weighted by molar-refractivity contribution is 7.80. The van der Waals surface area contributed by atoms with Gasteiger partial charge in [-0.3, -0.25) is 4.55 Å². The molecule has 14 heavy (non-hydrogen) atoms. The van der Waals surface area contributed by atoms with Crippen LogP contribution in [0.3, 0.4) is 0 Å². The molecule has 0 fully saturated rings. The fourth-order valence-electron chi connectivity index (χ4n) is 1.07. The van der Waals surface area contributed by atoms with Gasteiger partial charge < -0.3 is 5.11 Å². The summed E-state index contributed by atoms with van der Waals surface area (Å²) in [6.45, 7) is 3.60. The van der Waals surface area contributed by atoms with Crippen LogP contribution in [0.4, 0.5) is 0 Å². The summed E-state index contributed by atoms with van der Waals surface area (Å²) in [7, 11) is -4.37. The molecule has 2 atom stereocenters. The van der Waals surface area contributed by atoms with Gasteiger partial charge in [-0.1, -0.05) is 13.8 Å². The van der Waals surface area contributed by atoms with Crippen molar-refractivity contribution in [2.45, 2.75) is 51.7 Å². The largest absolute Gasteiger partial charge is 0.397 e. The van der Waals surface area contributed by atoms with Gasteiger partial charge in [0, 0.05) is 0 Å². The summed E-state index contributed by atoms with van der Waals surface area (Å²) in [6, 6.07) is 0. The van der Waals surface area contributed by atoms with Crippen molar-refractivity contribution >= 4 is 10.4 Å². The Balaban J connectivity index is 3.92. The van der Waals surface area contributed by atoms with Gasteiger partial charge in [-0.15, -0.1) is 0 Å². The Bertz CT molecular complexity index is 236. The molecular formula is C8H18O5S. The summed E-state index contributed by atoms with van der Waals surface area (Å²) in [5.41, 5.74) is 0. The zero-order valence-electron chi connectivity index (χ0n) is 8.51. The first kappa shape index (κ1) is 13.8. The maximum absolute atomic E-state index is 10.4. The average Bonchev–Trinajstić information content (AvgIpc) is 2.09. The molecule has 0 aromatic rings. The molecular weight excluding hydrogens is 208 g/mol. The van der Waals surface area contributed by atoms with Gasteiger partial charge in [0.15, 0.2) is 0 Å². The molecule has 0 bridgehead atoms. The van der Waals surface area contributed by atoms with E-state index >= 15 is 0 Å². The van der Waals surface area contributed by atoms with Gasteiger partial charge in [0.05, 0.1) is 12.2 Å². The van der Waals surface area contributed by atoms with Crippen molar-refractivity contribution in [1.29, 1.82) is 0 Å². The Kier molecular flexibility index (Phi) is 6.26. The zero-order valence-corrected chi connectivity index (χ0v) is 9.33. The topological polar surface area (TPSA) is 83.8 Å². The van der Waals surface area contributed by atoms with Crippen molar-refractivity contribution in [2.24, 2.45) is 0 Å². The summed E-state index contributed by atoms with van der Waals surface area (Å²) in [4.78, 5) is 0. The highest BCUT2D eigenvalue weighted by Crippen LogP contribution is 2.12. The van der Waals surface area contributed by atoms with Crippen LogP contribution >= 0.6 is 0 Å². The lowest BCUT2D eigenvalue weighted by molar-refractivity contribution is 0.117. The van der Waals surface area contributed by atoms with Crippen molar-refractivity contribution < 1.29 is 22.3 Å². The minimum atomic E-state index is -4.37. The second-order valence-electron chi connectivity index (χ2n) is 3.19. The molecule has 86 valence electrons. The maximum Gasteiger partial charge on any atom is 0.397 e. The molecule has 0 rings (SSSR count). The first-order valence-corrected chi connectivity index (χ1v) is 6.09. The second kappa shape index (κ2) is 6.34. The molecule has 0 aromatic heterocycles. The molecule has 0 saturated heterocycles. The van der Waals surface area contributed by atoms with Crippen LogP contribution in [0.2, 0.25) is 0 Å². The Morgan fingerprint density at radius 1 is 1.21 bits per heavy atom. The highest BCUT2D eigenvalue weighted by Gasteiger charge is 2.16. The molecule has 5 nitrogen and oxygen atoms in total. The number of hydrogen-bond acceptors (Lipinski definition) is 4. The molecule has 0 aromatic carbocycles. The van der Waals surface area contributed by atoms with Crippen molar-refractivity contribution in [3.8, 4) is 0 Å². The molecule has 0 aliphatic heterocycles. The Morgan fingerprint density at radius 2 is 1.79 bits per heavy atom. The van der Waals surface area contributed by atoms with Crippen molar-refractivity contribution in [1.82, 2.24) is 0 Å². The summed E-state index contributed by atoms with van der Waals surface area (Å²) in [5, 5.41) is 9.23. The number of hydrogen-bond donors (Lipinski definition) is 2. The molecule has 0 heterocycles. The molecule has 0 saturated carbocycles. The van der Waals surface area contributed by atoms with Crippen molar-refractivity contribution in [3.63, 3.8) is 0 Å². The minimum absolute atomic E-state index is 0.422. The van der Waals surface area contributed by atoms with Crippen LogP contribution in [0.25, 0.3) is 0 Å². The summed E-state index contributed by atoms with van der Waals surface area (Å²) >= 11 is 0. The lowest BCUT2D eigenvalue weighted by atomic mass is 10.1. The Hall–Kier alpha value is -0.170. The molecule has 2 unspecified atom stereocenters. The van der Waals surface area contributed by atoms with Gasteiger partial charge in [0.2, 0.25) is 0 Å². The molecule has 0 aliphatic rings. The lowest BCUT2D eigenvalue weighted by Gasteiger charge is -2.14.